The lowest BCUT2D eigenvalue weighted by Crippen LogP contribution is -2.38. The van der Waals surface area contributed by atoms with Gasteiger partial charge in [-0.1, -0.05) is 0 Å². The number of aromatic nitrogens is 3. The molecule has 2 saturated heterocycles. The lowest BCUT2D eigenvalue weighted by atomic mass is 10.2. The lowest BCUT2D eigenvalue weighted by Gasteiger charge is -2.28. The first-order valence-corrected chi connectivity index (χ1v) is 11.9. The van der Waals surface area contributed by atoms with Gasteiger partial charge in [-0.15, -0.1) is 0 Å². The minimum atomic E-state index is -1.02. The molecule has 0 saturated carbocycles. The molecular formula is C25H27N7O4. The zero-order chi connectivity index (χ0) is 24.9. The molecule has 2 aromatic carbocycles. The molecule has 0 atom stereocenters. The molecule has 2 aliphatic heterocycles. The number of hydrogen-bond donors (Lipinski definition) is 3. The van der Waals surface area contributed by atoms with Gasteiger partial charge in [0.15, 0.2) is 5.82 Å². The number of nitrogens with zero attached hydrogens (tertiary/aromatic N) is 5. The normalized spacial score (nSPS) is 15.6. The minimum absolute atomic E-state index is 0.152. The van der Waals surface area contributed by atoms with Crippen LogP contribution in [0.15, 0.2) is 48.5 Å². The van der Waals surface area contributed by atoms with Gasteiger partial charge in [0.2, 0.25) is 11.9 Å². The summed E-state index contributed by atoms with van der Waals surface area (Å²) >= 11 is 0. The Kier molecular flexibility index (Phi) is 6.89. The van der Waals surface area contributed by atoms with Crippen LogP contribution >= 0.6 is 0 Å². The summed E-state index contributed by atoms with van der Waals surface area (Å²) in [6.07, 6.45) is 2.25. The largest absolute Gasteiger partial charge is 0.478 e. The summed E-state index contributed by atoms with van der Waals surface area (Å²) in [5, 5.41) is 14.5. The SMILES string of the molecule is O=C(Nc1ccc(C(=O)O)cc1)Nc1ccc(-c2nc(N3CCCC3)nc(N3CCOCC3)n2)cc1. The molecule has 11 nitrogen and oxygen atoms in total. The number of carbonyl (C=O) groups is 2. The number of aromatic carboxylic acids is 1. The van der Waals surface area contributed by atoms with Gasteiger partial charge in [-0.3, -0.25) is 0 Å². The predicted octanol–water partition coefficient (Wildman–Crippen LogP) is 3.32. The van der Waals surface area contributed by atoms with E-state index in [1.54, 1.807) is 12.1 Å². The number of hydrogen-bond acceptors (Lipinski definition) is 8. The molecule has 2 fully saturated rings. The van der Waals surface area contributed by atoms with Crippen LogP contribution in [0.25, 0.3) is 11.4 Å². The monoisotopic (exact) mass is 489 g/mol. The van der Waals surface area contributed by atoms with Crippen molar-refractivity contribution in [3.63, 3.8) is 0 Å². The number of carbonyl (C=O) groups excluding carboxylic acids is 1. The molecule has 5 rings (SSSR count). The summed E-state index contributed by atoms with van der Waals surface area (Å²) in [5.74, 6) is 0.909. The second-order valence-electron chi connectivity index (χ2n) is 8.59. The summed E-state index contributed by atoms with van der Waals surface area (Å²) in [4.78, 5) is 41.9. The second-order valence-corrected chi connectivity index (χ2v) is 8.59. The van der Waals surface area contributed by atoms with E-state index in [9.17, 15) is 9.59 Å². The highest BCUT2D eigenvalue weighted by molar-refractivity contribution is 6.00. The second kappa shape index (κ2) is 10.6. The number of anilines is 4. The van der Waals surface area contributed by atoms with Crippen LogP contribution in [-0.2, 0) is 4.74 Å². The van der Waals surface area contributed by atoms with Crippen LogP contribution in [0.2, 0.25) is 0 Å². The smallest absolute Gasteiger partial charge is 0.335 e. The maximum atomic E-state index is 12.4. The van der Waals surface area contributed by atoms with E-state index >= 15 is 0 Å². The molecule has 3 N–H and O–H groups in total. The van der Waals surface area contributed by atoms with Gasteiger partial charge < -0.3 is 30.3 Å². The van der Waals surface area contributed by atoms with Gasteiger partial charge >= 0.3 is 12.0 Å². The molecule has 0 bridgehead atoms. The first-order chi connectivity index (χ1) is 17.5. The van der Waals surface area contributed by atoms with Crippen LogP contribution in [0.5, 0.6) is 0 Å². The molecular weight excluding hydrogens is 462 g/mol. The third-order valence-electron chi connectivity index (χ3n) is 6.09. The number of nitrogens with one attached hydrogen (secondary N) is 2. The summed E-state index contributed by atoms with van der Waals surface area (Å²) in [5.41, 5.74) is 2.06. The van der Waals surface area contributed by atoms with Crippen molar-refractivity contribution in [2.75, 3.05) is 59.8 Å². The van der Waals surface area contributed by atoms with Crippen molar-refractivity contribution >= 4 is 35.3 Å². The van der Waals surface area contributed by atoms with E-state index in [1.165, 1.54) is 24.3 Å². The standard InChI is InChI=1S/C25H27N7O4/c33-22(34)18-5-9-20(10-6-18)27-25(35)26-19-7-3-17(4-8-19)21-28-23(31-11-1-2-12-31)30-24(29-21)32-13-15-36-16-14-32/h3-10H,1-2,11-16H2,(H,33,34)(H2,26,27,35). The first kappa shape index (κ1) is 23.5. The molecule has 186 valence electrons. The average Bonchev–Trinajstić information content (AvgIpc) is 3.45. The summed E-state index contributed by atoms with van der Waals surface area (Å²) < 4.78 is 5.48. The van der Waals surface area contributed by atoms with Crippen molar-refractivity contribution in [1.29, 1.82) is 0 Å². The Hall–Kier alpha value is -4.25. The van der Waals surface area contributed by atoms with E-state index in [1.807, 2.05) is 12.1 Å². The molecule has 3 aromatic rings. The molecule has 0 aliphatic carbocycles. The Morgan fingerprint density at radius 1 is 0.750 bits per heavy atom. The molecule has 0 spiro atoms. The van der Waals surface area contributed by atoms with Gasteiger partial charge in [-0.2, -0.15) is 15.0 Å². The molecule has 11 heteroatoms. The van der Waals surface area contributed by atoms with E-state index in [0.717, 1.165) is 44.6 Å². The van der Waals surface area contributed by atoms with Crippen LogP contribution in [-0.4, -0.2) is 71.5 Å². The summed E-state index contributed by atoms with van der Waals surface area (Å²) in [6, 6.07) is 12.8. The number of morpholine rings is 1. The average molecular weight is 490 g/mol. The number of amides is 2. The van der Waals surface area contributed by atoms with Crippen LogP contribution in [0, 0.1) is 0 Å². The molecule has 2 amide bonds. The Bertz CT molecular complexity index is 1220. The van der Waals surface area contributed by atoms with Crippen molar-refractivity contribution in [2.45, 2.75) is 12.8 Å². The van der Waals surface area contributed by atoms with Crippen LogP contribution in [0.4, 0.5) is 28.1 Å². The highest BCUT2D eigenvalue weighted by Crippen LogP contribution is 2.25. The van der Waals surface area contributed by atoms with Gasteiger partial charge in [0.25, 0.3) is 0 Å². The Morgan fingerprint density at radius 3 is 1.83 bits per heavy atom. The van der Waals surface area contributed by atoms with Crippen molar-refractivity contribution < 1.29 is 19.4 Å². The van der Waals surface area contributed by atoms with Gasteiger partial charge in [0.05, 0.1) is 18.8 Å². The molecule has 3 heterocycles. The van der Waals surface area contributed by atoms with Crippen LogP contribution in [0.1, 0.15) is 23.2 Å². The van der Waals surface area contributed by atoms with Crippen molar-refractivity contribution in [1.82, 2.24) is 15.0 Å². The fraction of sp³-hybridized carbons (Fsp3) is 0.320. The lowest BCUT2D eigenvalue weighted by molar-refractivity contribution is 0.0697. The summed E-state index contributed by atoms with van der Waals surface area (Å²) in [6.45, 7) is 4.63. The third kappa shape index (κ3) is 5.52. The van der Waals surface area contributed by atoms with Crippen molar-refractivity contribution in [2.24, 2.45) is 0 Å². The van der Waals surface area contributed by atoms with Gasteiger partial charge in [0, 0.05) is 43.1 Å². The Morgan fingerprint density at radius 2 is 1.28 bits per heavy atom. The molecule has 0 unspecified atom stereocenters. The number of benzene rings is 2. The number of carboxylic acids is 1. The quantitative estimate of drug-likeness (QED) is 0.477. The highest BCUT2D eigenvalue weighted by Gasteiger charge is 2.21. The number of carboxylic acid groups (broad SMARTS) is 1. The van der Waals surface area contributed by atoms with Crippen molar-refractivity contribution in [3.8, 4) is 11.4 Å². The zero-order valence-corrected chi connectivity index (χ0v) is 19.7. The predicted molar refractivity (Wildman–Crippen MR) is 136 cm³/mol. The van der Waals surface area contributed by atoms with E-state index < -0.39 is 12.0 Å². The Labute approximate surface area is 208 Å². The molecule has 2 aliphatic rings. The van der Waals surface area contributed by atoms with E-state index in [0.29, 0.717) is 42.3 Å². The van der Waals surface area contributed by atoms with Gasteiger partial charge in [0.1, 0.15) is 0 Å². The van der Waals surface area contributed by atoms with E-state index in [2.05, 4.69) is 20.4 Å². The number of ether oxygens (including phenoxy) is 1. The third-order valence-corrected chi connectivity index (χ3v) is 6.09. The Balaban J connectivity index is 1.30. The summed E-state index contributed by atoms with van der Waals surface area (Å²) in [7, 11) is 0. The van der Waals surface area contributed by atoms with Crippen LogP contribution < -0.4 is 20.4 Å². The molecule has 36 heavy (non-hydrogen) atoms. The van der Waals surface area contributed by atoms with Gasteiger partial charge in [-0.25, -0.2) is 9.59 Å². The molecule has 0 radical (unpaired) electrons. The fourth-order valence-electron chi connectivity index (χ4n) is 4.14. The maximum absolute atomic E-state index is 12.4. The van der Waals surface area contributed by atoms with E-state index in [-0.39, 0.29) is 5.56 Å². The van der Waals surface area contributed by atoms with E-state index in [4.69, 9.17) is 24.8 Å². The highest BCUT2D eigenvalue weighted by atomic mass is 16.5. The number of rotatable bonds is 6. The topological polar surface area (TPSA) is 133 Å². The zero-order valence-electron chi connectivity index (χ0n) is 19.7. The first-order valence-electron chi connectivity index (χ1n) is 11.9. The van der Waals surface area contributed by atoms with Crippen LogP contribution in [0.3, 0.4) is 0 Å². The molecule has 1 aromatic heterocycles. The number of urea groups is 1. The fourth-order valence-corrected chi connectivity index (χ4v) is 4.14. The maximum Gasteiger partial charge on any atom is 0.335 e. The minimum Gasteiger partial charge on any atom is -0.478 e. The van der Waals surface area contributed by atoms with Crippen molar-refractivity contribution in [3.05, 3.63) is 54.1 Å². The van der Waals surface area contributed by atoms with Gasteiger partial charge in [-0.05, 0) is 61.4 Å².